The van der Waals surface area contributed by atoms with Crippen LogP contribution in [0.1, 0.15) is 24.2 Å². The highest BCUT2D eigenvalue weighted by Gasteiger charge is 2.06. The first kappa shape index (κ1) is 10.6. The zero-order valence-corrected chi connectivity index (χ0v) is 8.61. The molecule has 0 fully saturated rings. The summed E-state index contributed by atoms with van der Waals surface area (Å²) in [6, 6.07) is 6.95. The smallest absolute Gasteiger partial charge is 0.337 e. The Morgan fingerprint density at radius 2 is 2.07 bits per heavy atom. The Balaban J connectivity index is 2.84. The van der Waals surface area contributed by atoms with Gasteiger partial charge in [-0.05, 0) is 32.0 Å². The second-order valence-corrected chi connectivity index (χ2v) is 3.19. The van der Waals surface area contributed by atoms with Crippen molar-refractivity contribution in [3.8, 4) is 5.75 Å². The molecule has 0 aromatic heterocycles. The van der Waals surface area contributed by atoms with Crippen molar-refractivity contribution in [1.29, 1.82) is 0 Å². The third kappa shape index (κ3) is 2.76. The molecule has 0 unspecified atom stereocenters. The molecule has 0 N–H and O–H groups in total. The van der Waals surface area contributed by atoms with E-state index >= 15 is 0 Å². The lowest BCUT2D eigenvalue weighted by atomic mass is 10.2. The van der Waals surface area contributed by atoms with Crippen LogP contribution in [0.2, 0.25) is 0 Å². The molecule has 14 heavy (non-hydrogen) atoms. The summed E-state index contributed by atoms with van der Waals surface area (Å²) < 4.78 is 10.0. The van der Waals surface area contributed by atoms with Crippen molar-refractivity contribution in [2.75, 3.05) is 7.11 Å². The largest absolute Gasteiger partial charge is 0.491 e. The van der Waals surface area contributed by atoms with Crippen LogP contribution in [0, 0.1) is 0 Å². The monoisotopic (exact) mass is 194 g/mol. The van der Waals surface area contributed by atoms with E-state index in [4.69, 9.17) is 4.74 Å². The summed E-state index contributed by atoms with van der Waals surface area (Å²) in [6.45, 7) is 3.87. The van der Waals surface area contributed by atoms with E-state index in [2.05, 4.69) is 4.74 Å². The third-order valence-corrected chi connectivity index (χ3v) is 1.63. The van der Waals surface area contributed by atoms with Crippen LogP contribution in [0.15, 0.2) is 24.3 Å². The van der Waals surface area contributed by atoms with E-state index in [1.807, 2.05) is 19.9 Å². The van der Waals surface area contributed by atoms with Crippen molar-refractivity contribution in [3.63, 3.8) is 0 Å². The molecule has 0 aliphatic carbocycles. The molecule has 0 aliphatic rings. The predicted molar refractivity (Wildman–Crippen MR) is 53.5 cm³/mol. The molecule has 0 aliphatic heterocycles. The fourth-order valence-electron chi connectivity index (χ4n) is 1.09. The fraction of sp³-hybridized carbons (Fsp3) is 0.364. The minimum absolute atomic E-state index is 0.0999. The van der Waals surface area contributed by atoms with E-state index in [9.17, 15) is 4.79 Å². The van der Waals surface area contributed by atoms with Crippen LogP contribution in [-0.2, 0) is 4.74 Å². The highest BCUT2D eigenvalue weighted by molar-refractivity contribution is 5.89. The van der Waals surface area contributed by atoms with Crippen LogP contribution in [0.4, 0.5) is 0 Å². The van der Waals surface area contributed by atoms with Gasteiger partial charge in [-0.15, -0.1) is 0 Å². The SMILES string of the molecule is COC(=O)c1cccc(OC(C)C)c1. The summed E-state index contributed by atoms with van der Waals surface area (Å²) in [7, 11) is 1.36. The van der Waals surface area contributed by atoms with Gasteiger partial charge in [0.15, 0.2) is 0 Å². The standard InChI is InChI=1S/C11H14O3/c1-8(2)14-10-6-4-5-9(7-10)11(12)13-3/h4-8H,1-3H3. The Morgan fingerprint density at radius 1 is 1.36 bits per heavy atom. The Hall–Kier alpha value is -1.51. The second-order valence-electron chi connectivity index (χ2n) is 3.19. The average molecular weight is 194 g/mol. The number of esters is 1. The van der Waals surface area contributed by atoms with Gasteiger partial charge in [0.2, 0.25) is 0 Å². The number of carbonyl (C=O) groups is 1. The number of benzene rings is 1. The topological polar surface area (TPSA) is 35.5 Å². The zero-order valence-electron chi connectivity index (χ0n) is 8.61. The van der Waals surface area contributed by atoms with Gasteiger partial charge in [0.1, 0.15) is 5.75 Å². The maximum absolute atomic E-state index is 11.2. The summed E-state index contributed by atoms with van der Waals surface area (Å²) in [6.07, 6.45) is 0.0999. The molecule has 0 radical (unpaired) electrons. The average Bonchev–Trinajstić information content (AvgIpc) is 2.16. The molecule has 3 nitrogen and oxygen atoms in total. The van der Waals surface area contributed by atoms with Gasteiger partial charge in [0.05, 0.1) is 18.8 Å². The zero-order chi connectivity index (χ0) is 10.6. The first-order chi connectivity index (χ1) is 6.63. The predicted octanol–water partition coefficient (Wildman–Crippen LogP) is 2.26. The third-order valence-electron chi connectivity index (χ3n) is 1.63. The second kappa shape index (κ2) is 4.65. The van der Waals surface area contributed by atoms with Crippen LogP contribution < -0.4 is 4.74 Å². The van der Waals surface area contributed by atoms with Gasteiger partial charge in [0, 0.05) is 0 Å². The molecule has 0 atom stereocenters. The molecule has 1 aromatic carbocycles. The van der Waals surface area contributed by atoms with Crippen molar-refractivity contribution in [2.24, 2.45) is 0 Å². The molecule has 1 aromatic rings. The number of carbonyl (C=O) groups excluding carboxylic acids is 1. The van der Waals surface area contributed by atoms with Crippen LogP contribution in [0.25, 0.3) is 0 Å². The van der Waals surface area contributed by atoms with Crippen LogP contribution in [0.3, 0.4) is 0 Å². The van der Waals surface area contributed by atoms with Gasteiger partial charge in [-0.1, -0.05) is 6.07 Å². The number of rotatable bonds is 3. The maximum Gasteiger partial charge on any atom is 0.337 e. The summed E-state index contributed by atoms with van der Waals surface area (Å²) in [4.78, 5) is 11.2. The van der Waals surface area contributed by atoms with Crippen molar-refractivity contribution in [2.45, 2.75) is 20.0 Å². The van der Waals surface area contributed by atoms with Gasteiger partial charge >= 0.3 is 5.97 Å². The van der Waals surface area contributed by atoms with Gasteiger partial charge in [-0.25, -0.2) is 4.79 Å². The Morgan fingerprint density at radius 3 is 2.64 bits per heavy atom. The molecule has 1 rings (SSSR count). The van der Waals surface area contributed by atoms with Crippen molar-refractivity contribution in [3.05, 3.63) is 29.8 Å². The molecule has 0 saturated heterocycles. The summed E-state index contributed by atoms with van der Waals surface area (Å²) in [5.74, 6) is 0.335. The summed E-state index contributed by atoms with van der Waals surface area (Å²) in [5, 5.41) is 0. The minimum Gasteiger partial charge on any atom is -0.491 e. The molecular weight excluding hydrogens is 180 g/mol. The van der Waals surface area contributed by atoms with Gasteiger partial charge in [-0.3, -0.25) is 0 Å². The van der Waals surface area contributed by atoms with Crippen molar-refractivity contribution >= 4 is 5.97 Å². The highest BCUT2D eigenvalue weighted by atomic mass is 16.5. The van der Waals surface area contributed by atoms with Gasteiger partial charge in [0.25, 0.3) is 0 Å². The summed E-state index contributed by atoms with van der Waals surface area (Å²) in [5.41, 5.74) is 0.505. The van der Waals surface area contributed by atoms with Crippen molar-refractivity contribution < 1.29 is 14.3 Å². The normalized spacial score (nSPS) is 10.0. The van der Waals surface area contributed by atoms with E-state index < -0.39 is 0 Å². The quantitative estimate of drug-likeness (QED) is 0.692. The number of ether oxygens (including phenoxy) is 2. The van der Waals surface area contributed by atoms with E-state index in [0.29, 0.717) is 11.3 Å². The molecule has 0 saturated carbocycles. The molecule has 0 heterocycles. The van der Waals surface area contributed by atoms with E-state index in [1.54, 1.807) is 18.2 Å². The van der Waals surface area contributed by atoms with Crippen molar-refractivity contribution in [1.82, 2.24) is 0 Å². The van der Waals surface area contributed by atoms with Crippen LogP contribution in [0.5, 0.6) is 5.75 Å². The van der Waals surface area contributed by atoms with Crippen LogP contribution >= 0.6 is 0 Å². The Kier molecular flexibility index (Phi) is 3.51. The molecule has 0 bridgehead atoms. The molecule has 0 amide bonds. The number of methoxy groups -OCH3 is 1. The van der Waals surface area contributed by atoms with E-state index in [0.717, 1.165) is 0 Å². The summed E-state index contributed by atoms with van der Waals surface area (Å²) >= 11 is 0. The maximum atomic E-state index is 11.2. The lowest BCUT2D eigenvalue weighted by molar-refractivity contribution is 0.0600. The number of hydrogen-bond acceptors (Lipinski definition) is 3. The molecule has 76 valence electrons. The molecule has 3 heteroatoms. The van der Waals surface area contributed by atoms with E-state index in [-0.39, 0.29) is 12.1 Å². The first-order valence-electron chi connectivity index (χ1n) is 4.48. The first-order valence-corrected chi connectivity index (χ1v) is 4.48. The van der Waals surface area contributed by atoms with Gasteiger partial charge < -0.3 is 9.47 Å². The molecule has 0 spiro atoms. The van der Waals surface area contributed by atoms with Gasteiger partial charge in [-0.2, -0.15) is 0 Å². The van der Waals surface area contributed by atoms with E-state index in [1.165, 1.54) is 7.11 Å². The lowest BCUT2D eigenvalue weighted by Gasteiger charge is -2.09. The Bertz CT molecular complexity index is 318. The minimum atomic E-state index is -0.348. The number of hydrogen-bond donors (Lipinski definition) is 0. The highest BCUT2D eigenvalue weighted by Crippen LogP contribution is 2.15. The molecular formula is C11H14O3. The lowest BCUT2D eigenvalue weighted by Crippen LogP contribution is -2.07. The fourth-order valence-corrected chi connectivity index (χ4v) is 1.09. The Labute approximate surface area is 83.6 Å². The van der Waals surface area contributed by atoms with Crippen LogP contribution in [-0.4, -0.2) is 19.2 Å².